The molecule has 8 nitrogen and oxygen atoms in total. The van der Waals surface area contributed by atoms with Crippen molar-refractivity contribution < 1.29 is 28.9 Å². The highest BCUT2D eigenvalue weighted by molar-refractivity contribution is 5.79. The summed E-state index contributed by atoms with van der Waals surface area (Å²) >= 11 is 0. The highest BCUT2D eigenvalue weighted by Gasteiger charge is 2.40. The van der Waals surface area contributed by atoms with E-state index < -0.39 is 18.1 Å². The number of aliphatic carboxylic acids is 1. The van der Waals surface area contributed by atoms with Crippen LogP contribution in [0.4, 0.5) is 4.79 Å². The van der Waals surface area contributed by atoms with Crippen molar-refractivity contribution in [3.05, 3.63) is 23.3 Å². The molecule has 0 spiro atoms. The molecule has 0 unspecified atom stereocenters. The van der Waals surface area contributed by atoms with Crippen LogP contribution in [0.1, 0.15) is 50.8 Å². The van der Waals surface area contributed by atoms with Gasteiger partial charge in [-0.15, -0.1) is 0 Å². The lowest BCUT2D eigenvalue weighted by molar-refractivity contribution is -0.141. The molecule has 33 heavy (non-hydrogen) atoms. The van der Waals surface area contributed by atoms with Crippen molar-refractivity contribution in [2.45, 2.75) is 52.1 Å². The van der Waals surface area contributed by atoms with E-state index >= 15 is 0 Å². The van der Waals surface area contributed by atoms with E-state index in [4.69, 9.17) is 14.2 Å². The maximum absolute atomic E-state index is 12.5. The number of likely N-dealkylation sites (N-methyl/N-ethyl adjacent to an activating group) is 1. The molecule has 0 radical (unpaired) electrons. The lowest BCUT2D eigenvalue weighted by Crippen LogP contribution is -2.48. The molecule has 1 aromatic rings. The minimum absolute atomic E-state index is 0.199. The van der Waals surface area contributed by atoms with Crippen LogP contribution in [0.2, 0.25) is 0 Å². The Morgan fingerprint density at radius 2 is 1.82 bits per heavy atom. The average molecular weight is 463 g/mol. The zero-order valence-corrected chi connectivity index (χ0v) is 20.7. The van der Waals surface area contributed by atoms with Crippen LogP contribution < -0.4 is 9.47 Å². The summed E-state index contributed by atoms with van der Waals surface area (Å²) in [6.45, 7) is 8.16. The number of benzene rings is 1. The predicted molar refractivity (Wildman–Crippen MR) is 125 cm³/mol. The molecule has 1 fully saturated rings. The molecule has 1 N–H and O–H groups in total. The smallest absolute Gasteiger partial charge is 0.410 e. The molecular formula is C25H38N2O6. The Morgan fingerprint density at radius 1 is 1.15 bits per heavy atom. The minimum atomic E-state index is -1.05. The highest BCUT2D eigenvalue weighted by Crippen LogP contribution is 2.45. The van der Waals surface area contributed by atoms with Crippen molar-refractivity contribution in [3.8, 4) is 11.5 Å². The first kappa shape index (κ1) is 25.1. The fraction of sp³-hybridized carbons (Fsp3) is 0.680. The lowest BCUT2D eigenvalue weighted by atomic mass is 9.74. The molecule has 2 aliphatic heterocycles. The van der Waals surface area contributed by atoms with E-state index in [0.717, 1.165) is 48.8 Å². The van der Waals surface area contributed by atoms with Gasteiger partial charge in [0, 0.05) is 26.2 Å². The number of methoxy groups -OCH3 is 2. The monoisotopic (exact) mass is 462 g/mol. The molecule has 2 heterocycles. The third-order valence-corrected chi connectivity index (χ3v) is 7.20. The van der Waals surface area contributed by atoms with Crippen molar-refractivity contribution in [2.24, 2.45) is 17.8 Å². The van der Waals surface area contributed by atoms with Crippen molar-refractivity contribution in [3.63, 3.8) is 0 Å². The van der Waals surface area contributed by atoms with Gasteiger partial charge in [-0.1, -0.05) is 13.8 Å². The first-order chi connectivity index (χ1) is 15.7. The number of ether oxygens (including phenoxy) is 3. The molecule has 1 saturated heterocycles. The van der Waals surface area contributed by atoms with Crippen LogP contribution in [0.3, 0.4) is 0 Å². The van der Waals surface area contributed by atoms with E-state index in [0.29, 0.717) is 18.4 Å². The van der Waals surface area contributed by atoms with E-state index in [9.17, 15) is 14.7 Å². The van der Waals surface area contributed by atoms with Gasteiger partial charge in [-0.25, -0.2) is 9.59 Å². The Morgan fingerprint density at radius 3 is 2.42 bits per heavy atom. The largest absolute Gasteiger partial charge is 0.493 e. The number of amides is 1. The Labute approximate surface area is 196 Å². The molecule has 4 atom stereocenters. The van der Waals surface area contributed by atoms with Gasteiger partial charge in [0.2, 0.25) is 0 Å². The SMILES string of the molecule is COc1cc2c(cc1OC)[C@H]1C[C@@H](COC(=O)N(C)[C@@H](C)C(=O)O)[C@H](CC(C)C)CN1CC2. The lowest BCUT2D eigenvalue weighted by Gasteiger charge is -2.47. The minimum Gasteiger partial charge on any atom is -0.493 e. The molecule has 1 aromatic carbocycles. The topological polar surface area (TPSA) is 88.5 Å². The zero-order valence-electron chi connectivity index (χ0n) is 20.7. The fourth-order valence-corrected chi connectivity index (χ4v) is 5.18. The maximum atomic E-state index is 12.5. The van der Waals surface area contributed by atoms with Crippen LogP contribution in [-0.4, -0.2) is 74.0 Å². The second-order valence-corrected chi connectivity index (χ2v) is 9.75. The molecule has 1 amide bonds. The summed E-state index contributed by atoms with van der Waals surface area (Å²) in [5.41, 5.74) is 2.54. The average Bonchev–Trinajstić information content (AvgIpc) is 2.79. The standard InChI is InChI=1S/C25H38N2O6/c1-15(2)9-18-13-27-8-7-17-11-22(31-5)23(32-6)12-20(17)21(27)10-19(18)14-33-25(30)26(4)16(3)24(28)29/h11-12,15-16,18-19,21H,7-10,13-14H2,1-6H3,(H,28,29)/t16-,18+,19-,21+/m0/s1. The van der Waals surface area contributed by atoms with Crippen LogP contribution in [0.15, 0.2) is 12.1 Å². The number of hydrogen-bond acceptors (Lipinski definition) is 6. The number of carbonyl (C=O) groups excluding carboxylic acids is 1. The van der Waals surface area contributed by atoms with E-state index in [2.05, 4.69) is 30.9 Å². The summed E-state index contributed by atoms with van der Waals surface area (Å²) < 4.78 is 16.7. The molecule has 0 saturated carbocycles. The van der Waals surface area contributed by atoms with Crippen LogP contribution in [-0.2, 0) is 16.0 Å². The van der Waals surface area contributed by atoms with Gasteiger partial charge in [0.1, 0.15) is 6.04 Å². The number of carboxylic acids is 1. The summed E-state index contributed by atoms with van der Waals surface area (Å²) in [7, 11) is 4.77. The number of hydrogen-bond donors (Lipinski definition) is 1. The first-order valence-corrected chi connectivity index (χ1v) is 11.8. The summed E-state index contributed by atoms with van der Waals surface area (Å²) in [4.78, 5) is 27.4. The third kappa shape index (κ3) is 5.54. The predicted octanol–water partition coefficient (Wildman–Crippen LogP) is 3.83. The van der Waals surface area contributed by atoms with E-state index in [1.54, 1.807) is 14.2 Å². The number of piperidine rings is 1. The fourth-order valence-electron chi connectivity index (χ4n) is 5.18. The Kier molecular flexibility index (Phi) is 8.10. The van der Waals surface area contributed by atoms with Gasteiger partial charge in [0.15, 0.2) is 11.5 Å². The maximum Gasteiger partial charge on any atom is 0.410 e. The van der Waals surface area contributed by atoms with Crippen molar-refractivity contribution in [1.82, 2.24) is 9.80 Å². The summed E-state index contributed by atoms with van der Waals surface area (Å²) in [5, 5.41) is 9.19. The van der Waals surface area contributed by atoms with Gasteiger partial charge >= 0.3 is 12.1 Å². The highest BCUT2D eigenvalue weighted by atomic mass is 16.6. The van der Waals surface area contributed by atoms with Gasteiger partial charge in [0.25, 0.3) is 0 Å². The molecule has 0 bridgehead atoms. The van der Waals surface area contributed by atoms with Gasteiger partial charge in [-0.05, 0) is 67.2 Å². The van der Waals surface area contributed by atoms with Gasteiger partial charge in [0.05, 0.1) is 20.8 Å². The van der Waals surface area contributed by atoms with Crippen LogP contribution in [0.25, 0.3) is 0 Å². The number of fused-ring (bicyclic) bond motifs is 3. The van der Waals surface area contributed by atoms with E-state index in [1.807, 2.05) is 0 Å². The van der Waals surface area contributed by atoms with Crippen molar-refractivity contribution >= 4 is 12.1 Å². The third-order valence-electron chi connectivity index (χ3n) is 7.20. The van der Waals surface area contributed by atoms with Crippen LogP contribution in [0, 0.1) is 17.8 Å². The Balaban J connectivity index is 1.80. The number of carboxylic acid groups (broad SMARTS) is 1. The molecule has 8 heteroatoms. The summed E-state index contributed by atoms with van der Waals surface area (Å²) in [6, 6.07) is 3.48. The Hall–Kier alpha value is -2.48. The summed E-state index contributed by atoms with van der Waals surface area (Å²) in [5.74, 6) is 1.58. The van der Waals surface area contributed by atoms with Gasteiger partial charge < -0.3 is 19.3 Å². The molecule has 3 rings (SSSR count). The summed E-state index contributed by atoms with van der Waals surface area (Å²) in [6.07, 6.45) is 2.32. The molecular weight excluding hydrogens is 424 g/mol. The second-order valence-electron chi connectivity index (χ2n) is 9.75. The van der Waals surface area contributed by atoms with Crippen molar-refractivity contribution in [1.29, 1.82) is 0 Å². The molecule has 0 aromatic heterocycles. The number of nitrogens with zero attached hydrogens (tertiary/aromatic N) is 2. The molecule has 2 aliphatic rings. The van der Waals surface area contributed by atoms with Crippen LogP contribution >= 0.6 is 0 Å². The molecule has 184 valence electrons. The first-order valence-electron chi connectivity index (χ1n) is 11.8. The van der Waals surface area contributed by atoms with E-state index in [1.165, 1.54) is 25.1 Å². The number of carbonyl (C=O) groups is 2. The second kappa shape index (κ2) is 10.6. The van der Waals surface area contributed by atoms with Gasteiger partial charge in [-0.3, -0.25) is 9.80 Å². The Bertz CT molecular complexity index is 858. The normalized spacial score (nSPS) is 23.3. The van der Waals surface area contributed by atoms with Crippen molar-refractivity contribution in [2.75, 3.05) is 41.0 Å². The van der Waals surface area contributed by atoms with Gasteiger partial charge in [-0.2, -0.15) is 0 Å². The number of rotatable bonds is 8. The zero-order chi connectivity index (χ0) is 24.3. The quantitative estimate of drug-likeness (QED) is 0.628. The van der Waals surface area contributed by atoms with Crippen LogP contribution in [0.5, 0.6) is 11.5 Å². The van der Waals surface area contributed by atoms with E-state index in [-0.39, 0.29) is 12.0 Å². The molecule has 0 aliphatic carbocycles.